The molecule has 21 heavy (non-hydrogen) atoms. The van der Waals surface area contributed by atoms with Crippen molar-refractivity contribution in [3.63, 3.8) is 0 Å². The van der Waals surface area contributed by atoms with Gasteiger partial charge in [0.05, 0.1) is 5.69 Å². The molecule has 0 amide bonds. The van der Waals surface area contributed by atoms with Crippen molar-refractivity contribution in [2.24, 2.45) is 0 Å². The largest absolute Gasteiger partial charge is 0.502 e. The number of ketones is 1. The number of aliphatic hydroxyl groups excluding tert-OH is 1. The zero-order valence-corrected chi connectivity index (χ0v) is 11.4. The molecular weight excluding hydrogens is 297 g/mol. The predicted molar refractivity (Wildman–Crippen MR) is 74.0 cm³/mol. The predicted octanol–water partition coefficient (Wildman–Crippen LogP) is 2.58. The van der Waals surface area contributed by atoms with Gasteiger partial charge >= 0.3 is 5.97 Å². The van der Waals surface area contributed by atoms with Gasteiger partial charge in [-0.3, -0.25) is 4.79 Å². The van der Waals surface area contributed by atoms with Crippen LogP contribution in [0.3, 0.4) is 0 Å². The van der Waals surface area contributed by atoms with E-state index >= 15 is 0 Å². The van der Waals surface area contributed by atoms with Gasteiger partial charge in [-0.15, -0.1) is 11.3 Å². The lowest BCUT2D eigenvalue weighted by Crippen LogP contribution is -2.04. The Morgan fingerprint density at radius 2 is 2.00 bits per heavy atom. The molecule has 0 aliphatic heterocycles. The van der Waals surface area contributed by atoms with E-state index in [2.05, 4.69) is 4.98 Å². The first-order valence-corrected chi connectivity index (χ1v) is 6.71. The minimum absolute atomic E-state index is 0.0362. The summed E-state index contributed by atoms with van der Waals surface area (Å²) in [4.78, 5) is 26.1. The number of rotatable bonds is 5. The molecule has 1 heterocycles. The Bertz CT molecular complexity index is 723. The van der Waals surface area contributed by atoms with Crippen molar-refractivity contribution in [2.75, 3.05) is 0 Å². The second-order valence-corrected chi connectivity index (χ2v) is 4.97. The van der Waals surface area contributed by atoms with E-state index < -0.39 is 17.5 Å². The molecule has 0 atom stereocenters. The van der Waals surface area contributed by atoms with E-state index in [-0.39, 0.29) is 17.2 Å². The van der Waals surface area contributed by atoms with Crippen LogP contribution >= 0.6 is 11.3 Å². The fraction of sp³-hybridized carbons (Fsp3) is 0.0714. The van der Waals surface area contributed by atoms with Gasteiger partial charge in [-0.1, -0.05) is 18.2 Å². The average molecular weight is 307 g/mol. The Morgan fingerprint density at radius 3 is 2.67 bits per heavy atom. The Balaban J connectivity index is 2.15. The number of aliphatic carboxylic acids is 1. The standard InChI is InChI=1S/C14H10FNO4S/c15-10-4-2-1-3-8(10)5-9-7-21-13(16-9)11(17)6-12(18)14(19)20/h1-4,6-7,18H,5H2,(H,19,20). The molecule has 0 bridgehead atoms. The van der Waals surface area contributed by atoms with Crippen LogP contribution < -0.4 is 0 Å². The number of allylic oxidation sites excluding steroid dienone is 1. The molecule has 0 aliphatic carbocycles. The molecule has 5 nitrogen and oxygen atoms in total. The summed E-state index contributed by atoms with van der Waals surface area (Å²) in [6, 6.07) is 6.23. The molecule has 2 N–H and O–H groups in total. The molecule has 0 radical (unpaired) electrons. The van der Waals surface area contributed by atoms with E-state index in [0.717, 1.165) is 11.3 Å². The summed E-state index contributed by atoms with van der Waals surface area (Å²) in [5, 5.41) is 19.1. The van der Waals surface area contributed by atoms with E-state index in [1.54, 1.807) is 23.6 Å². The first-order chi connectivity index (χ1) is 9.97. The third-order valence-corrected chi connectivity index (χ3v) is 3.48. The van der Waals surface area contributed by atoms with Crippen LogP contribution in [-0.2, 0) is 11.2 Å². The third kappa shape index (κ3) is 3.73. The Hall–Kier alpha value is -2.54. The number of carbonyl (C=O) groups is 2. The summed E-state index contributed by atoms with van der Waals surface area (Å²) >= 11 is 1.00. The molecule has 1 aromatic carbocycles. The highest BCUT2D eigenvalue weighted by Gasteiger charge is 2.14. The van der Waals surface area contributed by atoms with Gasteiger partial charge in [-0.25, -0.2) is 14.2 Å². The third-order valence-electron chi connectivity index (χ3n) is 2.58. The molecule has 0 saturated carbocycles. The first-order valence-electron chi connectivity index (χ1n) is 5.83. The van der Waals surface area contributed by atoms with Gasteiger partial charge in [0.2, 0.25) is 11.5 Å². The lowest BCUT2D eigenvalue weighted by atomic mass is 10.1. The number of carbonyl (C=O) groups excluding carboxylic acids is 1. The second-order valence-electron chi connectivity index (χ2n) is 4.11. The zero-order chi connectivity index (χ0) is 15.4. The number of benzene rings is 1. The van der Waals surface area contributed by atoms with Crippen molar-refractivity contribution < 1.29 is 24.2 Å². The van der Waals surface area contributed by atoms with Crippen LogP contribution in [0.1, 0.15) is 21.1 Å². The highest BCUT2D eigenvalue weighted by atomic mass is 32.1. The number of aliphatic hydroxyl groups is 1. The molecular formula is C14H10FNO4S. The highest BCUT2D eigenvalue weighted by molar-refractivity contribution is 7.11. The Morgan fingerprint density at radius 1 is 1.29 bits per heavy atom. The SMILES string of the molecule is O=C(O)C(O)=CC(=O)c1nc(Cc2ccccc2F)cs1. The molecule has 0 saturated heterocycles. The van der Waals surface area contributed by atoms with Crippen LogP contribution in [0, 0.1) is 5.82 Å². The molecule has 1 aromatic heterocycles. The number of hydrogen-bond donors (Lipinski definition) is 2. The fourth-order valence-corrected chi connectivity index (χ4v) is 2.31. The molecule has 108 valence electrons. The summed E-state index contributed by atoms with van der Waals surface area (Å²) in [5.74, 6) is -3.71. The van der Waals surface area contributed by atoms with Crippen LogP contribution in [0.2, 0.25) is 0 Å². The maximum absolute atomic E-state index is 13.5. The summed E-state index contributed by atoms with van der Waals surface area (Å²) in [6.07, 6.45) is 0.819. The van der Waals surface area contributed by atoms with Gasteiger partial charge in [0.25, 0.3) is 0 Å². The maximum Gasteiger partial charge on any atom is 0.371 e. The van der Waals surface area contributed by atoms with Crippen LogP contribution in [0.5, 0.6) is 0 Å². The molecule has 0 aliphatic rings. The van der Waals surface area contributed by atoms with E-state index in [1.807, 2.05) is 0 Å². The number of carboxylic acids is 1. The van der Waals surface area contributed by atoms with E-state index in [4.69, 9.17) is 10.2 Å². The smallest absolute Gasteiger partial charge is 0.371 e. The normalized spacial score (nSPS) is 11.4. The van der Waals surface area contributed by atoms with Gasteiger partial charge in [0, 0.05) is 17.9 Å². The highest BCUT2D eigenvalue weighted by Crippen LogP contribution is 2.17. The van der Waals surface area contributed by atoms with Gasteiger partial charge in [0.1, 0.15) is 5.82 Å². The number of nitrogens with zero attached hydrogens (tertiary/aromatic N) is 1. The van der Waals surface area contributed by atoms with Gasteiger partial charge in [-0.2, -0.15) is 0 Å². The number of thiazole rings is 1. The summed E-state index contributed by atoms with van der Waals surface area (Å²) in [6.45, 7) is 0. The van der Waals surface area contributed by atoms with Gasteiger partial charge < -0.3 is 10.2 Å². The fourth-order valence-electron chi connectivity index (χ4n) is 1.59. The molecule has 2 aromatic rings. The molecule has 0 fully saturated rings. The van der Waals surface area contributed by atoms with Crippen LogP contribution in [0.15, 0.2) is 41.5 Å². The lowest BCUT2D eigenvalue weighted by molar-refractivity contribution is -0.135. The van der Waals surface area contributed by atoms with Gasteiger partial charge in [0.15, 0.2) is 5.01 Å². The minimum Gasteiger partial charge on any atom is -0.502 e. The molecule has 7 heteroatoms. The topological polar surface area (TPSA) is 87.5 Å². The van der Waals surface area contributed by atoms with E-state index in [9.17, 15) is 14.0 Å². The average Bonchev–Trinajstić information content (AvgIpc) is 2.90. The van der Waals surface area contributed by atoms with Crippen molar-refractivity contribution in [1.29, 1.82) is 0 Å². The molecule has 0 spiro atoms. The molecule has 0 unspecified atom stereocenters. The van der Waals surface area contributed by atoms with Crippen molar-refractivity contribution in [3.8, 4) is 0 Å². The van der Waals surface area contributed by atoms with Gasteiger partial charge in [-0.05, 0) is 11.6 Å². The van der Waals surface area contributed by atoms with Crippen molar-refractivity contribution in [1.82, 2.24) is 4.98 Å². The van der Waals surface area contributed by atoms with Crippen molar-refractivity contribution in [3.05, 3.63) is 63.6 Å². The van der Waals surface area contributed by atoms with Crippen molar-refractivity contribution in [2.45, 2.75) is 6.42 Å². The lowest BCUT2D eigenvalue weighted by Gasteiger charge is -1.99. The van der Waals surface area contributed by atoms with Crippen LogP contribution in [-0.4, -0.2) is 26.9 Å². The summed E-state index contributed by atoms with van der Waals surface area (Å²) < 4.78 is 13.5. The summed E-state index contributed by atoms with van der Waals surface area (Å²) in [7, 11) is 0. The quantitative estimate of drug-likeness (QED) is 0.503. The Labute approximate surface area is 123 Å². The summed E-state index contributed by atoms with van der Waals surface area (Å²) in [5.41, 5.74) is 0.947. The second kappa shape index (κ2) is 6.27. The van der Waals surface area contributed by atoms with Crippen LogP contribution in [0.25, 0.3) is 0 Å². The van der Waals surface area contributed by atoms with Crippen LogP contribution in [0.4, 0.5) is 4.39 Å². The number of carboxylic acid groups (broad SMARTS) is 1. The first kappa shape index (κ1) is 14.9. The van der Waals surface area contributed by atoms with Crippen molar-refractivity contribution >= 4 is 23.1 Å². The maximum atomic E-state index is 13.5. The number of aromatic nitrogens is 1. The minimum atomic E-state index is -1.59. The zero-order valence-electron chi connectivity index (χ0n) is 10.6. The molecule has 2 rings (SSSR count). The number of hydrogen-bond acceptors (Lipinski definition) is 5. The monoisotopic (exact) mass is 307 g/mol. The number of halogens is 1. The Kier molecular flexibility index (Phi) is 4.44. The van der Waals surface area contributed by atoms with E-state index in [0.29, 0.717) is 17.3 Å². The van der Waals surface area contributed by atoms with E-state index in [1.165, 1.54) is 6.07 Å².